The van der Waals surface area contributed by atoms with E-state index in [1.165, 1.54) is 5.56 Å². The highest BCUT2D eigenvalue weighted by atomic mass is 16.3. The summed E-state index contributed by atoms with van der Waals surface area (Å²) < 4.78 is 0. The summed E-state index contributed by atoms with van der Waals surface area (Å²) in [5.74, 6) is 0. The molecule has 66 valence electrons. The molecule has 0 aromatic carbocycles. The Hall–Kier alpha value is -0.890. The van der Waals surface area contributed by atoms with Crippen molar-refractivity contribution in [2.75, 3.05) is 0 Å². The predicted molar refractivity (Wildman–Crippen MR) is 49.0 cm³/mol. The predicted octanol–water partition coefficient (Wildman–Crippen LogP) is 1.93. The number of aliphatic hydroxyl groups is 1. The van der Waals surface area contributed by atoms with Crippen molar-refractivity contribution in [3.8, 4) is 0 Å². The molecule has 0 bridgehead atoms. The summed E-state index contributed by atoms with van der Waals surface area (Å²) in [4.78, 5) is 4.16. The van der Waals surface area contributed by atoms with Gasteiger partial charge in [-0.25, -0.2) is 0 Å². The van der Waals surface area contributed by atoms with Crippen LogP contribution in [0.25, 0.3) is 0 Å². The van der Waals surface area contributed by atoms with Crippen LogP contribution >= 0.6 is 0 Å². The van der Waals surface area contributed by atoms with Gasteiger partial charge in [0, 0.05) is 6.20 Å². The Morgan fingerprint density at radius 3 is 2.25 bits per heavy atom. The number of hydrogen-bond acceptors (Lipinski definition) is 2. The monoisotopic (exact) mass is 165 g/mol. The molecule has 12 heavy (non-hydrogen) atoms. The minimum atomic E-state index is -0.835. The molecule has 0 saturated heterocycles. The Kier molecular flexibility index (Phi) is 2.20. The molecular weight excluding hydrogens is 150 g/mol. The van der Waals surface area contributed by atoms with Gasteiger partial charge in [0.25, 0.3) is 0 Å². The molecule has 0 amide bonds. The van der Waals surface area contributed by atoms with Crippen LogP contribution in [0.2, 0.25) is 0 Å². The highest BCUT2D eigenvalue weighted by molar-refractivity contribution is 5.25. The Bertz CT molecular complexity index is 286. The molecule has 1 aromatic rings. The van der Waals surface area contributed by atoms with Crippen LogP contribution in [-0.4, -0.2) is 10.1 Å². The molecule has 0 aliphatic heterocycles. The fourth-order valence-corrected chi connectivity index (χ4v) is 0.959. The van der Waals surface area contributed by atoms with Crippen molar-refractivity contribution in [3.63, 3.8) is 0 Å². The molecule has 0 radical (unpaired) electrons. The van der Waals surface area contributed by atoms with Crippen LogP contribution in [0.4, 0.5) is 0 Å². The zero-order chi connectivity index (χ0) is 9.35. The average molecular weight is 165 g/mol. The smallest absolute Gasteiger partial charge is 0.101 e. The molecule has 2 heteroatoms. The lowest BCUT2D eigenvalue weighted by Crippen LogP contribution is -2.17. The van der Waals surface area contributed by atoms with E-state index < -0.39 is 5.60 Å². The average Bonchev–Trinajstić information content (AvgIpc) is 1.92. The maximum atomic E-state index is 9.64. The van der Waals surface area contributed by atoms with Crippen LogP contribution in [0.3, 0.4) is 0 Å². The Labute approximate surface area is 73.3 Å². The van der Waals surface area contributed by atoms with Gasteiger partial charge in [-0.2, -0.15) is 0 Å². The summed E-state index contributed by atoms with van der Waals surface area (Å²) in [5.41, 5.74) is 2.22. The molecule has 1 rings (SSSR count). The van der Waals surface area contributed by atoms with Gasteiger partial charge in [0.15, 0.2) is 0 Å². The number of nitrogens with zero attached hydrogens (tertiary/aromatic N) is 1. The van der Waals surface area contributed by atoms with Crippen LogP contribution in [0.5, 0.6) is 0 Å². The van der Waals surface area contributed by atoms with Crippen LogP contribution in [0.15, 0.2) is 12.3 Å². The topological polar surface area (TPSA) is 33.1 Å². The molecule has 0 aliphatic carbocycles. The molecule has 1 aromatic heterocycles. The molecule has 1 heterocycles. The fourth-order valence-electron chi connectivity index (χ4n) is 0.959. The lowest BCUT2D eigenvalue weighted by molar-refractivity contribution is 0.0737. The summed E-state index contributed by atoms with van der Waals surface area (Å²) >= 11 is 0. The largest absolute Gasteiger partial charge is 0.384 e. The van der Waals surface area contributed by atoms with Crippen molar-refractivity contribution in [2.24, 2.45) is 0 Å². The van der Waals surface area contributed by atoms with Crippen molar-refractivity contribution in [1.82, 2.24) is 4.98 Å². The Morgan fingerprint density at radius 2 is 1.83 bits per heavy atom. The van der Waals surface area contributed by atoms with Gasteiger partial charge in [-0.1, -0.05) is 0 Å². The van der Waals surface area contributed by atoms with Crippen LogP contribution in [-0.2, 0) is 5.60 Å². The molecule has 1 N–H and O–H groups in total. The van der Waals surface area contributed by atoms with E-state index in [0.29, 0.717) is 0 Å². The third-order valence-corrected chi connectivity index (χ3v) is 2.00. The van der Waals surface area contributed by atoms with Crippen molar-refractivity contribution < 1.29 is 5.11 Å². The van der Waals surface area contributed by atoms with E-state index in [0.717, 1.165) is 11.3 Å². The molecule has 0 atom stereocenters. The van der Waals surface area contributed by atoms with E-state index in [1.807, 2.05) is 19.9 Å². The first-order chi connectivity index (χ1) is 5.41. The van der Waals surface area contributed by atoms with Gasteiger partial charge in [-0.15, -0.1) is 0 Å². The van der Waals surface area contributed by atoms with E-state index in [9.17, 15) is 5.11 Å². The maximum absolute atomic E-state index is 9.64. The number of rotatable bonds is 1. The van der Waals surface area contributed by atoms with Crippen LogP contribution in [0, 0.1) is 13.8 Å². The first kappa shape index (κ1) is 9.20. The molecule has 0 spiro atoms. The van der Waals surface area contributed by atoms with Gasteiger partial charge >= 0.3 is 0 Å². The van der Waals surface area contributed by atoms with Crippen LogP contribution in [0.1, 0.15) is 30.7 Å². The van der Waals surface area contributed by atoms with E-state index in [4.69, 9.17) is 0 Å². The second-order valence-electron chi connectivity index (χ2n) is 3.71. The SMILES string of the molecule is Cc1cnc(C(C)(C)O)cc1C. The molecule has 0 fully saturated rings. The number of pyridine rings is 1. The minimum Gasteiger partial charge on any atom is -0.384 e. The van der Waals surface area contributed by atoms with E-state index in [2.05, 4.69) is 4.98 Å². The molecule has 0 aliphatic rings. The van der Waals surface area contributed by atoms with Crippen molar-refractivity contribution in [3.05, 3.63) is 29.1 Å². The third kappa shape index (κ3) is 1.83. The highest BCUT2D eigenvalue weighted by Gasteiger charge is 2.17. The third-order valence-electron chi connectivity index (χ3n) is 2.00. The standard InChI is InChI=1S/C10H15NO/c1-7-5-9(10(3,4)12)11-6-8(7)2/h5-6,12H,1-4H3. The lowest BCUT2D eigenvalue weighted by atomic mass is 10.0. The summed E-state index contributed by atoms with van der Waals surface area (Å²) in [6, 6.07) is 1.93. The van der Waals surface area contributed by atoms with E-state index in [-0.39, 0.29) is 0 Å². The second-order valence-corrected chi connectivity index (χ2v) is 3.71. The summed E-state index contributed by atoms with van der Waals surface area (Å²) in [6.45, 7) is 7.51. The van der Waals surface area contributed by atoms with Crippen molar-refractivity contribution in [2.45, 2.75) is 33.3 Å². The maximum Gasteiger partial charge on any atom is 0.101 e. The van der Waals surface area contributed by atoms with E-state index in [1.54, 1.807) is 20.0 Å². The quantitative estimate of drug-likeness (QED) is 0.689. The zero-order valence-electron chi connectivity index (χ0n) is 8.05. The van der Waals surface area contributed by atoms with Crippen molar-refractivity contribution >= 4 is 0 Å². The normalized spacial score (nSPS) is 11.8. The molecule has 0 saturated carbocycles. The van der Waals surface area contributed by atoms with Gasteiger partial charge in [-0.05, 0) is 44.9 Å². The summed E-state index contributed by atoms with van der Waals surface area (Å²) in [7, 11) is 0. The van der Waals surface area contributed by atoms with Gasteiger partial charge < -0.3 is 5.11 Å². The highest BCUT2D eigenvalue weighted by Crippen LogP contribution is 2.18. The first-order valence-electron chi connectivity index (χ1n) is 4.07. The first-order valence-corrected chi connectivity index (χ1v) is 4.07. The number of aromatic nitrogens is 1. The molecule has 0 unspecified atom stereocenters. The van der Waals surface area contributed by atoms with Crippen LogP contribution < -0.4 is 0 Å². The molecule has 2 nitrogen and oxygen atoms in total. The Morgan fingerprint density at radius 1 is 1.25 bits per heavy atom. The van der Waals surface area contributed by atoms with Gasteiger partial charge in [0.05, 0.1) is 5.69 Å². The second kappa shape index (κ2) is 2.87. The zero-order valence-corrected chi connectivity index (χ0v) is 8.05. The minimum absolute atomic E-state index is 0.727. The Balaban J connectivity index is 3.14. The van der Waals surface area contributed by atoms with E-state index >= 15 is 0 Å². The lowest BCUT2D eigenvalue weighted by Gasteiger charge is -2.17. The summed E-state index contributed by atoms with van der Waals surface area (Å²) in [5, 5.41) is 9.64. The number of hydrogen-bond donors (Lipinski definition) is 1. The fraction of sp³-hybridized carbons (Fsp3) is 0.500. The number of aryl methyl sites for hydroxylation is 2. The van der Waals surface area contributed by atoms with Gasteiger partial charge in [0.2, 0.25) is 0 Å². The van der Waals surface area contributed by atoms with Gasteiger partial charge in [-0.3, -0.25) is 4.98 Å². The van der Waals surface area contributed by atoms with Gasteiger partial charge in [0.1, 0.15) is 5.60 Å². The summed E-state index contributed by atoms with van der Waals surface area (Å²) in [6.07, 6.45) is 1.79. The molecular formula is C10H15NO. The van der Waals surface area contributed by atoms with Crippen molar-refractivity contribution in [1.29, 1.82) is 0 Å².